The summed E-state index contributed by atoms with van der Waals surface area (Å²) in [5.74, 6) is 1.40. The molecule has 0 aliphatic carbocycles. The van der Waals surface area contributed by atoms with E-state index in [-0.39, 0.29) is 5.69 Å². The van der Waals surface area contributed by atoms with Crippen LogP contribution >= 0.6 is 23.1 Å². The average Bonchev–Trinajstić information content (AvgIpc) is 3.02. The Labute approximate surface area is 134 Å². The van der Waals surface area contributed by atoms with Gasteiger partial charge in [-0.05, 0) is 11.4 Å². The second-order valence-electron chi connectivity index (χ2n) is 4.76. The van der Waals surface area contributed by atoms with Crippen LogP contribution in [0.5, 0.6) is 0 Å². The number of carbonyl (C=O) groups is 1. The van der Waals surface area contributed by atoms with E-state index in [4.69, 9.17) is 4.74 Å². The molecule has 1 aliphatic rings. The first-order valence-electron chi connectivity index (χ1n) is 6.72. The second-order valence-corrected chi connectivity index (χ2v) is 6.90. The number of hydrogen-bond donors (Lipinski definition) is 1. The van der Waals surface area contributed by atoms with Crippen molar-refractivity contribution in [3.05, 3.63) is 36.8 Å². The van der Waals surface area contributed by atoms with Crippen LogP contribution in [0.3, 0.4) is 0 Å². The van der Waals surface area contributed by atoms with Crippen LogP contribution in [-0.4, -0.2) is 37.7 Å². The molecule has 8 heteroatoms. The summed E-state index contributed by atoms with van der Waals surface area (Å²) in [6.45, 7) is 1.50. The molecule has 1 aliphatic heterocycles. The number of anilines is 3. The fourth-order valence-electron chi connectivity index (χ4n) is 2.38. The summed E-state index contributed by atoms with van der Waals surface area (Å²) in [6.07, 6.45) is 0. The van der Waals surface area contributed by atoms with Crippen molar-refractivity contribution < 1.29 is 9.53 Å². The highest BCUT2D eigenvalue weighted by Gasteiger charge is 2.28. The van der Waals surface area contributed by atoms with E-state index < -0.39 is 16.8 Å². The van der Waals surface area contributed by atoms with Crippen LogP contribution in [0.15, 0.2) is 21.0 Å². The van der Waals surface area contributed by atoms with Crippen LogP contribution in [0.1, 0.15) is 9.67 Å². The van der Waals surface area contributed by atoms with Gasteiger partial charge in [0.1, 0.15) is 16.3 Å². The maximum absolute atomic E-state index is 11.9. The number of ether oxygens (including phenoxy) is 1. The molecule has 3 rings (SSSR count). The number of rotatable bonds is 4. The van der Waals surface area contributed by atoms with Gasteiger partial charge in [0.15, 0.2) is 0 Å². The van der Waals surface area contributed by atoms with Crippen LogP contribution < -0.4 is 21.1 Å². The Balaban J connectivity index is 1.89. The van der Waals surface area contributed by atoms with Crippen LogP contribution in [0.4, 0.5) is 17.1 Å². The molecule has 22 heavy (non-hydrogen) atoms. The zero-order valence-electron chi connectivity index (χ0n) is 11.9. The third-order valence-corrected chi connectivity index (χ3v) is 5.35. The lowest BCUT2D eigenvalue weighted by atomic mass is 10.1. The minimum atomic E-state index is -0.532. The predicted molar refractivity (Wildman–Crippen MR) is 89.8 cm³/mol. The molecule has 116 valence electrons. The van der Waals surface area contributed by atoms with Crippen LogP contribution in [0.2, 0.25) is 0 Å². The SMILES string of the molecule is COC(=O)c1sccc1Nc1c(N2CCSCC2)c(=O)c1=O. The predicted octanol–water partition coefficient (Wildman–Crippen LogP) is 1.43. The number of carbonyl (C=O) groups excluding carboxylic acids is 1. The van der Waals surface area contributed by atoms with Gasteiger partial charge in [-0.15, -0.1) is 11.3 Å². The fraction of sp³-hybridized carbons (Fsp3) is 0.357. The molecule has 6 nitrogen and oxygen atoms in total. The van der Waals surface area contributed by atoms with Gasteiger partial charge in [0.25, 0.3) is 10.9 Å². The van der Waals surface area contributed by atoms with Gasteiger partial charge < -0.3 is 15.0 Å². The highest BCUT2D eigenvalue weighted by Crippen LogP contribution is 2.30. The normalized spacial score (nSPS) is 15.0. The molecule has 0 radical (unpaired) electrons. The van der Waals surface area contributed by atoms with Gasteiger partial charge in [0, 0.05) is 24.6 Å². The standard InChI is InChI=1S/C14H14N2O4S2/c1-20-14(19)13-8(2-5-22-13)15-9-10(12(18)11(9)17)16-3-6-21-7-4-16/h2,5,15H,3-4,6-7H2,1H3. The van der Waals surface area contributed by atoms with E-state index in [0.717, 1.165) is 24.6 Å². The van der Waals surface area contributed by atoms with Crippen molar-refractivity contribution in [2.75, 3.05) is 41.9 Å². The molecule has 1 saturated heterocycles. The van der Waals surface area contributed by atoms with Crippen molar-refractivity contribution in [2.24, 2.45) is 0 Å². The van der Waals surface area contributed by atoms with E-state index in [1.165, 1.54) is 18.4 Å². The van der Waals surface area contributed by atoms with Crippen molar-refractivity contribution in [1.82, 2.24) is 0 Å². The lowest BCUT2D eigenvalue weighted by molar-refractivity contribution is 0.0607. The van der Waals surface area contributed by atoms with Gasteiger partial charge in [-0.2, -0.15) is 11.8 Å². The molecular weight excluding hydrogens is 324 g/mol. The molecule has 0 amide bonds. The van der Waals surface area contributed by atoms with Crippen LogP contribution in [0, 0.1) is 0 Å². The van der Waals surface area contributed by atoms with Crippen molar-refractivity contribution in [3.63, 3.8) is 0 Å². The Bertz CT molecular complexity index is 770. The first-order chi connectivity index (χ1) is 10.6. The lowest BCUT2D eigenvalue weighted by Crippen LogP contribution is -2.45. The summed E-state index contributed by atoms with van der Waals surface area (Å²) in [4.78, 5) is 37.8. The van der Waals surface area contributed by atoms with E-state index in [2.05, 4.69) is 5.32 Å². The van der Waals surface area contributed by atoms with Gasteiger partial charge in [0.05, 0.1) is 12.8 Å². The quantitative estimate of drug-likeness (QED) is 0.667. The summed E-state index contributed by atoms with van der Waals surface area (Å²) >= 11 is 3.05. The largest absolute Gasteiger partial charge is 0.465 e. The Morgan fingerprint density at radius 3 is 2.68 bits per heavy atom. The number of thiophene rings is 1. The summed E-state index contributed by atoms with van der Waals surface area (Å²) in [5.41, 5.74) is 0.226. The topological polar surface area (TPSA) is 75.7 Å². The molecule has 0 bridgehead atoms. The lowest BCUT2D eigenvalue weighted by Gasteiger charge is -2.30. The summed E-state index contributed by atoms with van der Waals surface area (Å²) < 4.78 is 4.71. The first-order valence-corrected chi connectivity index (χ1v) is 8.75. The molecule has 0 unspecified atom stereocenters. The fourth-order valence-corrected chi connectivity index (χ4v) is 4.05. The van der Waals surface area contributed by atoms with E-state index in [1.807, 2.05) is 16.7 Å². The molecule has 1 fully saturated rings. The van der Waals surface area contributed by atoms with E-state index in [0.29, 0.717) is 16.3 Å². The van der Waals surface area contributed by atoms with Gasteiger partial charge in [-0.3, -0.25) is 9.59 Å². The van der Waals surface area contributed by atoms with E-state index in [1.54, 1.807) is 11.4 Å². The molecule has 2 aromatic rings. The molecule has 0 spiro atoms. The number of hydrogen-bond acceptors (Lipinski definition) is 8. The third-order valence-electron chi connectivity index (χ3n) is 3.51. The van der Waals surface area contributed by atoms with Crippen molar-refractivity contribution in [2.45, 2.75) is 0 Å². The maximum atomic E-state index is 11.9. The van der Waals surface area contributed by atoms with Crippen LogP contribution in [-0.2, 0) is 4.74 Å². The maximum Gasteiger partial charge on any atom is 0.350 e. The molecule has 2 heterocycles. The number of nitrogens with zero attached hydrogens (tertiary/aromatic N) is 1. The second kappa shape index (κ2) is 6.13. The molecule has 0 atom stereocenters. The monoisotopic (exact) mass is 338 g/mol. The van der Waals surface area contributed by atoms with Gasteiger partial charge >= 0.3 is 5.97 Å². The number of nitrogens with one attached hydrogen (secondary N) is 1. The Morgan fingerprint density at radius 2 is 2.00 bits per heavy atom. The van der Waals surface area contributed by atoms with Crippen LogP contribution in [0.25, 0.3) is 0 Å². The van der Waals surface area contributed by atoms with Gasteiger partial charge in [-0.25, -0.2) is 4.79 Å². The molecule has 1 aromatic heterocycles. The Kier molecular flexibility index (Phi) is 4.21. The summed E-state index contributed by atoms with van der Waals surface area (Å²) in [7, 11) is 1.31. The molecule has 1 aromatic carbocycles. The zero-order valence-corrected chi connectivity index (χ0v) is 13.5. The van der Waals surface area contributed by atoms with E-state index in [9.17, 15) is 14.4 Å². The highest BCUT2D eigenvalue weighted by atomic mass is 32.2. The van der Waals surface area contributed by atoms with Crippen molar-refractivity contribution >= 4 is 46.1 Å². The first kappa shape index (κ1) is 15.1. The molecule has 1 N–H and O–H groups in total. The zero-order chi connectivity index (χ0) is 15.7. The Hall–Kier alpha value is -1.80. The number of thioether (sulfide) groups is 1. The third kappa shape index (κ3) is 2.52. The minimum absolute atomic E-state index is 0.278. The minimum Gasteiger partial charge on any atom is -0.465 e. The van der Waals surface area contributed by atoms with E-state index >= 15 is 0 Å². The average molecular weight is 338 g/mol. The van der Waals surface area contributed by atoms with Crippen molar-refractivity contribution in [3.8, 4) is 0 Å². The smallest absolute Gasteiger partial charge is 0.350 e. The van der Waals surface area contributed by atoms with Crippen molar-refractivity contribution in [1.29, 1.82) is 0 Å². The molecule has 0 saturated carbocycles. The number of esters is 1. The Morgan fingerprint density at radius 1 is 1.27 bits per heavy atom. The highest BCUT2D eigenvalue weighted by molar-refractivity contribution is 7.99. The van der Waals surface area contributed by atoms with Gasteiger partial charge in [-0.1, -0.05) is 0 Å². The summed E-state index contributed by atoms with van der Waals surface area (Å²) in [6, 6.07) is 1.70. The number of methoxy groups -OCH3 is 1. The summed E-state index contributed by atoms with van der Waals surface area (Å²) in [5, 5.41) is 4.67. The van der Waals surface area contributed by atoms with Gasteiger partial charge in [0.2, 0.25) is 0 Å². The molecular formula is C14H14N2O4S2.